The topological polar surface area (TPSA) is 51.2 Å². The number of rotatable bonds is 3. The van der Waals surface area contributed by atoms with Gasteiger partial charge in [0.05, 0.1) is 5.02 Å². The molecule has 0 unspecified atom stereocenters. The summed E-state index contributed by atoms with van der Waals surface area (Å²) < 4.78 is 5.59. The Morgan fingerprint density at radius 1 is 1.33 bits per heavy atom. The maximum absolute atomic E-state index is 11.4. The van der Waals surface area contributed by atoms with Crippen LogP contribution in [0.15, 0.2) is 42.6 Å². The zero-order valence-electron chi connectivity index (χ0n) is 9.68. The Hall–Kier alpha value is -2.07. The van der Waals surface area contributed by atoms with Crippen LogP contribution in [-0.4, -0.2) is 17.9 Å². The van der Waals surface area contributed by atoms with Gasteiger partial charge in [0.1, 0.15) is 17.2 Å². The molecule has 5 heteroatoms. The van der Waals surface area contributed by atoms with Crippen molar-refractivity contribution in [3.05, 3.63) is 53.3 Å². The maximum Gasteiger partial charge on any atom is 0.269 e. The average Bonchev–Trinajstić information content (AvgIpc) is 2.41. The van der Waals surface area contributed by atoms with Gasteiger partial charge in [-0.3, -0.25) is 9.78 Å². The molecule has 2 aromatic rings. The first-order valence-corrected chi connectivity index (χ1v) is 5.69. The third-order valence-corrected chi connectivity index (χ3v) is 2.57. The molecule has 0 aliphatic heterocycles. The van der Waals surface area contributed by atoms with E-state index < -0.39 is 0 Å². The van der Waals surface area contributed by atoms with Gasteiger partial charge in [0, 0.05) is 19.3 Å². The molecule has 4 nitrogen and oxygen atoms in total. The number of hydrogen-bond donors (Lipinski definition) is 1. The highest BCUT2D eigenvalue weighted by atomic mass is 35.5. The molecule has 92 valence electrons. The predicted molar refractivity (Wildman–Crippen MR) is 69.2 cm³/mol. The van der Waals surface area contributed by atoms with Crippen LogP contribution in [-0.2, 0) is 0 Å². The van der Waals surface area contributed by atoms with Crippen molar-refractivity contribution in [3.8, 4) is 11.5 Å². The Morgan fingerprint density at radius 2 is 2.11 bits per heavy atom. The lowest BCUT2D eigenvalue weighted by Gasteiger charge is -2.07. The smallest absolute Gasteiger partial charge is 0.269 e. The number of aromatic nitrogens is 1. The van der Waals surface area contributed by atoms with Gasteiger partial charge < -0.3 is 10.1 Å². The van der Waals surface area contributed by atoms with Gasteiger partial charge in [-0.05, 0) is 18.2 Å². The summed E-state index contributed by atoms with van der Waals surface area (Å²) in [6.45, 7) is 0. The standard InChI is InChI=1S/C13H11ClN2O2/c1-15-13(17)11-8-9(6-7-16-11)18-12-5-3-2-4-10(12)14/h2-8H,1H3,(H,15,17). The number of nitrogens with zero attached hydrogens (tertiary/aromatic N) is 1. The van der Waals surface area contributed by atoms with E-state index in [0.717, 1.165) is 0 Å². The number of para-hydroxylation sites is 1. The summed E-state index contributed by atoms with van der Waals surface area (Å²) in [5.74, 6) is 0.782. The summed E-state index contributed by atoms with van der Waals surface area (Å²) in [6, 6.07) is 10.3. The minimum absolute atomic E-state index is 0.264. The first-order chi connectivity index (χ1) is 8.70. The van der Waals surface area contributed by atoms with Crippen molar-refractivity contribution in [1.82, 2.24) is 10.3 Å². The van der Waals surface area contributed by atoms with Gasteiger partial charge in [-0.1, -0.05) is 23.7 Å². The zero-order chi connectivity index (χ0) is 13.0. The van der Waals surface area contributed by atoms with E-state index in [1.54, 1.807) is 31.3 Å². The number of ether oxygens (including phenoxy) is 1. The second-order valence-corrected chi connectivity index (χ2v) is 3.90. The van der Waals surface area contributed by atoms with Crippen molar-refractivity contribution >= 4 is 17.5 Å². The third kappa shape index (κ3) is 2.78. The Labute approximate surface area is 110 Å². The van der Waals surface area contributed by atoms with Crippen LogP contribution in [0, 0.1) is 0 Å². The Kier molecular flexibility index (Phi) is 3.79. The Balaban J connectivity index is 2.25. The second-order valence-electron chi connectivity index (χ2n) is 3.49. The van der Waals surface area contributed by atoms with E-state index in [9.17, 15) is 4.79 Å². The summed E-state index contributed by atoms with van der Waals surface area (Å²) in [4.78, 5) is 15.4. The van der Waals surface area contributed by atoms with E-state index in [2.05, 4.69) is 10.3 Å². The predicted octanol–water partition coefficient (Wildman–Crippen LogP) is 2.89. The molecule has 0 aliphatic rings. The lowest BCUT2D eigenvalue weighted by Crippen LogP contribution is -2.18. The lowest BCUT2D eigenvalue weighted by molar-refractivity contribution is 0.0958. The van der Waals surface area contributed by atoms with Crippen LogP contribution >= 0.6 is 11.6 Å². The van der Waals surface area contributed by atoms with Gasteiger partial charge in [-0.2, -0.15) is 0 Å². The number of carbonyl (C=O) groups excluding carboxylic acids is 1. The minimum atomic E-state index is -0.264. The van der Waals surface area contributed by atoms with E-state index >= 15 is 0 Å². The molecule has 1 heterocycles. The quantitative estimate of drug-likeness (QED) is 0.925. The van der Waals surface area contributed by atoms with Crippen molar-refractivity contribution in [2.75, 3.05) is 7.05 Å². The molecule has 1 amide bonds. The van der Waals surface area contributed by atoms with Crippen LogP contribution in [0.2, 0.25) is 5.02 Å². The number of hydrogen-bond acceptors (Lipinski definition) is 3. The molecule has 0 spiro atoms. The highest BCUT2D eigenvalue weighted by molar-refractivity contribution is 6.32. The number of nitrogens with one attached hydrogen (secondary N) is 1. The molecular weight excluding hydrogens is 252 g/mol. The Bertz CT molecular complexity index is 572. The molecule has 0 atom stereocenters. The Morgan fingerprint density at radius 3 is 2.83 bits per heavy atom. The molecule has 1 aromatic heterocycles. The van der Waals surface area contributed by atoms with E-state index in [0.29, 0.717) is 22.2 Å². The van der Waals surface area contributed by atoms with Gasteiger partial charge in [-0.15, -0.1) is 0 Å². The van der Waals surface area contributed by atoms with Crippen molar-refractivity contribution in [3.63, 3.8) is 0 Å². The number of benzene rings is 1. The van der Waals surface area contributed by atoms with Gasteiger partial charge in [0.25, 0.3) is 5.91 Å². The SMILES string of the molecule is CNC(=O)c1cc(Oc2ccccc2Cl)ccn1. The van der Waals surface area contributed by atoms with E-state index in [1.807, 2.05) is 12.1 Å². The molecule has 0 radical (unpaired) electrons. The highest BCUT2D eigenvalue weighted by Crippen LogP contribution is 2.28. The van der Waals surface area contributed by atoms with E-state index in [-0.39, 0.29) is 5.91 Å². The third-order valence-electron chi connectivity index (χ3n) is 2.26. The monoisotopic (exact) mass is 262 g/mol. The first-order valence-electron chi connectivity index (χ1n) is 5.31. The summed E-state index contributed by atoms with van der Waals surface area (Å²) in [6.07, 6.45) is 1.51. The largest absolute Gasteiger partial charge is 0.456 e. The van der Waals surface area contributed by atoms with Crippen LogP contribution in [0.3, 0.4) is 0 Å². The molecule has 1 aromatic carbocycles. The fourth-order valence-electron chi connectivity index (χ4n) is 1.38. The van der Waals surface area contributed by atoms with E-state index in [1.165, 1.54) is 6.20 Å². The van der Waals surface area contributed by atoms with Gasteiger partial charge >= 0.3 is 0 Å². The summed E-state index contributed by atoms with van der Waals surface area (Å²) in [5, 5.41) is 3.01. The van der Waals surface area contributed by atoms with Crippen LogP contribution < -0.4 is 10.1 Å². The number of amides is 1. The maximum atomic E-state index is 11.4. The molecule has 0 aliphatic carbocycles. The first kappa shape index (κ1) is 12.4. The second kappa shape index (κ2) is 5.51. The number of pyridine rings is 1. The number of carbonyl (C=O) groups is 1. The molecule has 0 bridgehead atoms. The molecule has 0 saturated heterocycles. The normalized spacial score (nSPS) is 9.89. The van der Waals surface area contributed by atoms with Gasteiger partial charge in [0.2, 0.25) is 0 Å². The van der Waals surface area contributed by atoms with Gasteiger partial charge in [0.15, 0.2) is 0 Å². The van der Waals surface area contributed by atoms with Crippen molar-refractivity contribution in [2.24, 2.45) is 0 Å². The lowest BCUT2D eigenvalue weighted by atomic mass is 10.3. The summed E-state index contributed by atoms with van der Waals surface area (Å²) in [5.41, 5.74) is 0.294. The molecular formula is C13H11ClN2O2. The summed E-state index contributed by atoms with van der Waals surface area (Å²) in [7, 11) is 1.55. The van der Waals surface area contributed by atoms with Crippen LogP contribution in [0.25, 0.3) is 0 Å². The molecule has 18 heavy (non-hydrogen) atoms. The van der Waals surface area contributed by atoms with Crippen LogP contribution in [0.4, 0.5) is 0 Å². The minimum Gasteiger partial charge on any atom is -0.456 e. The zero-order valence-corrected chi connectivity index (χ0v) is 10.4. The van der Waals surface area contributed by atoms with E-state index in [4.69, 9.17) is 16.3 Å². The van der Waals surface area contributed by atoms with Crippen LogP contribution in [0.1, 0.15) is 10.5 Å². The highest BCUT2D eigenvalue weighted by Gasteiger charge is 2.07. The molecule has 1 N–H and O–H groups in total. The van der Waals surface area contributed by atoms with Gasteiger partial charge in [-0.25, -0.2) is 0 Å². The van der Waals surface area contributed by atoms with Crippen molar-refractivity contribution in [2.45, 2.75) is 0 Å². The number of halogens is 1. The molecule has 2 rings (SSSR count). The summed E-state index contributed by atoms with van der Waals surface area (Å²) >= 11 is 5.98. The van der Waals surface area contributed by atoms with Crippen LogP contribution in [0.5, 0.6) is 11.5 Å². The van der Waals surface area contributed by atoms with Crippen molar-refractivity contribution < 1.29 is 9.53 Å². The fourth-order valence-corrected chi connectivity index (χ4v) is 1.56. The van der Waals surface area contributed by atoms with Crippen molar-refractivity contribution in [1.29, 1.82) is 0 Å². The average molecular weight is 263 g/mol. The fraction of sp³-hybridized carbons (Fsp3) is 0.0769. The molecule has 0 saturated carbocycles. The molecule has 0 fully saturated rings.